The maximum Gasteiger partial charge on any atom is 0.255 e. The summed E-state index contributed by atoms with van der Waals surface area (Å²) in [6.45, 7) is 4.22. The molecule has 0 bridgehead atoms. The molecule has 0 unspecified atom stereocenters. The van der Waals surface area contributed by atoms with E-state index >= 15 is 0 Å². The van der Waals surface area contributed by atoms with Crippen LogP contribution in [-0.4, -0.2) is 69.2 Å². The molecule has 35 heavy (non-hydrogen) atoms. The number of hydrogen-bond acceptors (Lipinski definition) is 6. The van der Waals surface area contributed by atoms with E-state index in [2.05, 4.69) is 33.8 Å². The number of nitrogens with one attached hydrogen (secondary N) is 1. The summed E-state index contributed by atoms with van der Waals surface area (Å²) in [5, 5.41) is 7.74. The minimum atomic E-state index is -0.744. The van der Waals surface area contributed by atoms with Gasteiger partial charge in [0, 0.05) is 33.0 Å². The molecule has 10 nitrogen and oxygen atoms in total. The van der Waals surface area contributed by atoms with Crippen LogP contribution in [0.15, 0.2) is 31.1 Å². The zero-order valence-electron chi connectivity index (χ0n) is 19.1. The van der Waals surface area contributed by atoms with Gasteiger partial charge in [-0.1, -0.05) is 24.1 Å². The summed E-state index contributed by atoms with van der Waals surface area (Å²) in [6, 6.07) is 0.965. The molecule has 12 heteroatoms. The molecule has 0 saturated carbocycles. The van der Waals surface area contributed by atoms with Crippen molar-refractivity contribution in [3.63, 3.8) is 0 Å². The number of imidazole rings is 1. The van der Waals surface area contributed by atoms with Gasteiger partial charge in [-0.05, 0) is 18.4 Å². The van der Waals surface area contributed by atoms with Gasteiger partial charge in [-0.25, -0.2) is 14.1 Å². The molecule has 1 aliphatic heterocycles. The highest BCUT2D eigenvalue weighted by molar-refractivity contribution is 6.29. The van der Waals surface area contributed by atoms with Crippen LogP contribution < -0.4 is 11.1 Å². The van der Waals surface area contributed by atoms with E-state index in [1.807, 2.05) is 0 Å². The second-order valence-corrected chi connectivity index (χ2v) is 8.31. The summed E-state index contributed by atoms with van der Waals surface area (Å²) in [5.41, 5.74) is 6.28. The number of pyridine rings is 1. The van der Waals surface area contributed by atoms with E-state index < -0.39 is 11.7 Å². The van der Waals surface area contributed by atoms with Gasteiger partial charge < -0.3 is 20.7 Å². The molecule has 4 rings (SSSR count). The third-order valence-electron chi connectivity index (χ3n) is 5.82. The molecule has 1 aliphatic rings. The molecule has 2 amide bonds. The van der Waals surface area contributed by atoms with Crippen LogP contribution >= 0.6 is 11.6 Å². The highest BCUT2D eigenvalue weighted by atomic mass is 35.5. The molecule has 1 saturated heterocycles. The summed E-state index contributed by atoms with van der Waals surface area (Å²) in [7, 11) is 3.19. The largest absolute Gasteiger partial charge is 0.383 e. The van der Waals surface area contributed by atoms with Crippen LogP contribution in [0, 0.1) is 17.7 Å². The van der Waals surface area contributed by atoms with Crippen molar-refractivity contribution in [1.29, 1.82) is 0 Å². The number of fused-ring (bicyclic) bond motifs is 1. The number of anilines is 1. The average Bonchev–Trinajstić information content (AvgIpc) is 3.52. The second-order valence-electron chi connectivity index (χ2n) is 7.92. The molecule has 0 aliphatic carbocycles. The molecular weight excluding hydrogens is 477 g/mol. The second kappa shape index (κ2) is 9.77. The first-order valence-electron chi connectivity index (χ1n) is 10.6. The van der Waals surface area contributed by atoms with Crippen LogP contribution in [0.2, 0.25) is 5.15 Å². The zero-order valence-corrected chi connectivity index (χ0v) is 19.8. The van der Waals surface area contributed by atoms with Crippen molar-refractivity contribution < 1.29 is 18.7 Å². The van der Waals surface area contributed by atoms with Crippen molar-refractivity contribution in [1.82, 2.24) is 24.1 Å². The van der Waals surface area contributed by atoms with Crippen LogP contribution in [-0.2, 0) is 9.53 Å². The number of carbonyl (C=O) groups excluding carboxylic acids is 2. The number of likely N-dealkylation sites (tertiary alicyclic amines) is 1. The van der Waals surface area contributed by atoms with Crippen molar-refractivity contribution in [2.45, 2.75) is 18.5 Å². The molecular formula is C23H23ClFN7O3. The van der Waals surface area contributed by atoms with Gasteiger partial charge in [0.1, 0.15) is 22.2 Å². The lowest BCUT2D eigenvalue weighted by Crippen LogP contribution is -2.37. The number of halogens is 2. The van der Waals surface area contributed by atoms with E-state index in [9.17, 15) is 14.0 Å². The van der Waals surface area contributed by atoms with Crippen molar-refractivity contribution in [3.8, 4) is 11.8 Å². The van der Waals surface area contributed by atoms with Crippen molar-refractivity contribution in [2.75, 3.05) is 32.6 Å². The van der Waals surface area contributed by atoms with Gasteiger partial charge in [0.25, 0.3) is 5.91 Å². The maximum atomic E-state index is 14.6. The minimum Gasteiger partial charge on any atom is -0.383 e. The Kier molecular flexibility index (Phi) is 6.77. The lowest BCUT2D eigenvalue weighted by atomic mass is 10.1. The third-order valence-corrected chi connectivity index (χ3v) is 6.10. The molecule has 0 radical (unpaired) electrons. The Morgan fingerprint density at radius 2 is 2.23 bits per heavy atom. The molecule has 1 fully saturated rings. The number of amides is 2. The van der Waals surface area contributed by atoms with Gasteiger partial charge in [-0.2, -0.15) is 5.10 Å². The van der Waals surface area contributed by atoms with Gasteiger partial charge >= 0.3 is 0 Å². The lowest BCUT2D eigenvalue weighted by Gasteiger charge is -2.22. The smallest absolute Gasteiger partial charge is 0.255 e. The van der Waals surface area contributed by atoms with Gasteiger partial charge in [0.05, 0.1) is 30.5 Å². The standard InChI is InChI=1S/C23H23ClFN7O3/c1-4-20(33)30-10-14(8-15(30)12-35-3)32-23(27-2)21(22(26)34)17(29-32)6-5-13-7-19-28-9-18(24)31(19)11-16(13)25/h4,7,9,11,14-15,27H,1,8,10,12H2,2-3H3,(H2,26,34)/t14-,15+/m0/s1. The first-order valence-corrected chi connectivity index (χ1v) is 11.0. The molecule has 0 spiro atoms. The first kappa shape index (κ1) is 24.3. The fraction of sp³-hybridized carbons (Fsp3) is 0.304. The summed E-state index contributed by atoms with van der Waals surface area (Å²) in [5.74, 6) is 4.25. The Bertz CT molecular complexity index is 1390. The topological polar surface area (TPSA) is 120 Å². The molecule has 182 valence electrons. The number of ether oxygens (including phenoxy) is 1. The normalized spacial score (nSPS) is 17.3. The van der Waals surface area contributed by atoms with E-state index in [0.29, 0.717) is 31.0 Å². The Labute approximate surface area is 205 Å². The number of nitrogens with zero attached hydrogens (tertiary/aromatic N) is 5. The van der Waals surface area contributed by atoms with Gasteiger partial charge in [-0.3, -0.25) is 14.0 Å². The predicted molar refractivity (Wildman–Crippen MR) is 128 cm³/mol. The number of carbonyl (C=O) groups is 2. The number of primary amides is 1. The minimum absolute atomic E-state index is 0.0551. The van der Waals surface area contributed by atoms with Crippen molar-refractivity contribution in [3.05, 3.63) is 58.9 Å². The molecule has 3 aromatic rings. The summed E-state index contributed by atoms with van der Waals surface area (Å²) in [4.78, 5) is 30.4. The number of hydrogen-bond donors (Lipinski definition) is 2. The fourth-order valence-electron chi connectivity index (χ4n) is 4.26. The third kappa shape index (κ3) is 4.45. The van der Waals surface area contributed by atoms with Crippen LogP contribution in [0.25, 0.3) is 5.65 Å². The van der Waals surface area contributed by atoms with E-state index in [1.54, 1.807) is 23.7 Å². The summed E-state index contributed by atoms with van der Waals surface area (Å²) < 4.78 is 22.9. The van der Waals surface area contributed by atoms with Crippen molar-refractivity contribution >= 4 is 34.9 Å². The quantitative estimate of drug-likeness (QED) is 0.394. The van der Waals surface area contributed by atoms with Gasteiger partial charge in [0.15, 0.2) is 11.5 Å². The van der Waals surface area contributed by atoms with E-state index in [-0.39, 0.29) is 40.0 Å². The van der Waals surface area contributed by atoms with Gasteiger partial charge in [0.2, 0.25) is 5.91 Å². The SMILES string of the molecule is C=CC(=O)N1C[C@@H](n2nc(C#Cc3cc4ncc(Cl)n4cc3F)c(C(N)=O)c2NC)C[C@@H]1COC. The number of nitrogens with two attached hydrogens (primary N) is 1. The zero-order chi connectivity index (χ0) is 25.3. The van der Waals surface area contributed by atoms with Crippen LogP contribution in [0.4, 0.5) is 10.2 Å². The molecule has 4 heterocycles. The van der Waals surface area contributed by atoms with E-state index in [1.165, 1.54) is 28.9 Å². The van der Waals surface area contributed by atoms with E-state index in [4.69, 9.17) is 22.1 Å². The maximum absolute atomic E-state index is 14.6. The summed E-state index contributed by atoms with van der Waals surface area (Å²) >= 11 is 5.98. The first-order chi connectivity index (χ1) is 16.8. The summed E-state index contributed by atoms with van der Waals surface area (Å²) in [6.07, 6.45) is 4.36. The number of methoxy groups -OCH3 is 1. The Morgan fingerprint density at radius 1 is 1.46 bits per heavy atom. The van der Waals surface area contributed by atoms with Gasteiger partial charge in [-0.15, -0.1) is 0 Å². The van der Waals surface area contributed by atoms with Crippen molar-refractivity contribution in [2.24, 2.45) is 5.73 Å². The fourth-order valence-corrected chi connectivity index (χ4v) is 4.44. The monoisotopic (exact) mass is 499 g/mol. The van der Waals surface area contributed by atoms with Crippen LogP contribution in [0.1, 0.15) is 34.1 Å². The Morgan fingerprint density at radius 3 is 2.89 bits per heavy atom. The lowest BCUT2D eigenvalue weighted by molar-refractivity contribution is -0.127. The molecule has 0 aromatic carbocycles. The van der Waals surface area contributed by atoms with E-state index in [0.717, 1.165) is 0 Å². The van der Waals surface area contributed by atoms with Crippen LogP contribution in [0.5, 0.6) is 0 Å². The molecule has 2 atom stereocenters. The number of aromatic nitrogens is 4. The molecule has 3 N–H and O–H groups in total. The average molecular weight is 500 g/mol. The van der Waals surface area contributed by atoms with Crippen LogP contribution in [0.3, 0.4) is 0 Å². The highest BCUT2D eigenvalue weighted by Crippen LogP contribution is 2.32. The molecule has 3 aromatic heterocycles. The Balaban J connectivity index is 1.75. The highest BCUT2D eigenvalue weighted by Gasteiger charge is 2.37. The Hall–Kier alpha value is -3.88. The number of rotatable bonds is 6. The predicted octanol–water partition coefficient (Wildman–Crippen LogP) is 1.84.